The van der Waals surface area contributed by atoms with Crippen LogP contribution in [0.2, 0.25) is 0 Å². The second-order valence-corrected chi connectivity index (χ2v) is 8.27. The maximum absolute atomic E-state index is 12.5. The summed E-state index contributed by atoms with van der Waals surface area (Å²) >= 11 is 1.34. The maximum Gasteiger partial charge on any atom is 0.234 e. The number of anilines is 1. The van der Waals surface area contributed by atoms with Crippen LogP contribution in [-0.4, -0.2) is 55.7 Å². The Morgan fingerprint density at radius 2 is 2.16 bits per heavy atom. The van der Waals surface area contributed by atoms with Crippen LogP contribution >= 0.6 is 11.8 Å². The molecule has 2 aromatic heterocycles. The number of thioether (sulfide) groups is 1. The van der Waals surface area contributed by atoms with E-state index < -0.39 is 0 Å². The maximum atomic E-state index is 12.5. The van der Waals surface area contributed by atoms with E-state index in [1.54, 1.807) is 22.9 Å². The van der Waals surface area contributed by atoms with Crippen molar-refractivity contribution in [3.8, 4) is 23.0 Å². The van der Waals surface area contributed by atoms with E-state index in [2.05, 4.69) is 20.6 Å². The highest BCUT2D eigenvalue weighted by Crippen LogP contribution is 2.34. The van der Waals surface area contributed by atoms with Crippen LogP contribution in [0.25, 0.3) is 11.5 Å². The van der Waals surface area contributed by atoms with Gasteiger partial charge in [0.2, 0.25) is 12.7 Å². The topological polar surface area (TPSA) is 105 Å². The Bertz CT molecular complexity index is 1090. The SMILES string of the molecule is Cn1ccc(-c2nnc(SCC(=O)Nc3ccc4c(c3)OCO4)n2CC2CCCO2)n1. The Morgan fingerprint density at radius 3 is 2.97 bits per heavy atom. The molecule has 162 valence electrons. The Morgan fingerprint density at radius 1 is 1.26 bits per heavy atom. The van der Waals surface area contributed by atoms with Gasteiger partial charge in [0.05, 0.1) is 18.4 Å². The molecule has 31 heavy (non-hydrogen) atoms. The number of aromatic nitrogens is 5. The lowest BCUT2D eigenvalue weighted by Gasteiger charge is -2.14. The first-order valence-electron chi connectivity index (χ1n) is 10.0. The van der Waals surface area contributed by atoms with Crippen molar-refractivity contribution in [2.24, 2.45) is 7.05 Å². The lowest BCUT2D eigenvalue weighted by molar-refractivity contribution is -0.113. The van der Waals surface area contributed by atoms with E-state index in [1.165, 1.54) is 11.8 Å². The highest BCUT2D eigenvalue weighted by Gasteiger charge is 2.23. The van der Waals surface area contributed by atoms with E-state index in [0.717, 1.165) is 25.1 Å². The lowest BCUT2D eigenvalue weighted by atomic mass is 10.2. The van der Waals surface area contributed by atoms with Gasteiger partial charge in [-0.15, -0.1) is 10.2 Å². The highest BCUT2D eigenvalue weighted by atomic mass is 32.2. The molecule has 0 aliphatic carbocycles. The number of carbonyl (C=O) groups excluding carboxylic acids is 1. The molecule has 5 rings (SSSR count). The van der Waals surface area contributed by atoms with E-state index in [-0.39, 0.29) is 24.6 Å². The molecule has 1 N–H and O–H groups in total. The summed E-state index contributed by atoms with van der Waals surface area (Å²) in [6, 6.07) is 7.22. The van der Waals surface area contributed by atoms with Crippen LogP contribution in [-0.2, 0) is 23.1 Å². The number of amides is 1. The molecule has 1 aromatic carbocycles. The van der Waals surface area contributed by atoms with Gasteiger partial charge in [-0.05, 0) is 31.0 Å². The van der Waals surface area contributed by atoms with E-state index in [1.807, 2.05) is 23.9 Å². The highest BCUT2D eigenvalue weighted by molar-refractivity contribution is 7.99. The molecule has 2 aliphatic heterocycles. The molecule has 3 aromatic rings. The molecule has 0 saturated carbocycles. The van der Waals surface area contributed by atoms with Crippen molar-refractivity contribution in [2.75, 3.05) is 24.5 Å². The molecule has 1 fully saturated rings. The lowest BCUT2D eigenvalue weighted by Crippen LogP contribution is -2.18. The number of hydrogen-bond acceptors (Lipinski definition) is 8. The van der Waals surface area contributed by atoms with Gasteiger partial charge in [-0.2, -0.15) is 5.10 Å². The van der Waals surface area contributed by atoms with Gasteiger partial charge in [-0.1, -0.05) is 11.8 Å². The number of hydrogen-bond donors (Lipinski definition) is 1. The molecule has 1 atom stereocenters. The van der Waals surface area contributed by atoms with Gasteiger partial charge in [0.1, 0.15) is 5.69 Å². The van der Waals surface area contributed by atoms with Crippen LogP contribution in [0.3, 0.4) is 0 Å². The minimum Gasteiger partial charge on any atom is -0.454 e. The normalized spacial score (nSPS) is 17.3. The molecule has 1 amide bonds. The Kier molecular flexibility index (Phi) is 5.51. The molecule has 2 aliphatic rings. The molecule has 1 saturated heterocycles. The fourth-order valence-electron chi connectivity index (χ4n) is 3.58. The van der Waals surface area contributed by atoms with Gasteiger partial charge in [-0.25, -0.2) is 0 Å². The van der Waals surface area contributed by atoms with Gasteiger partial charge in [0.15, 0.2) is 22.5 Å². The second kappa shape index (κ2) is 8.60. The number of benzene rings is 1. The number of fused-ring (bicyclic) bond motifs is 1. The summed E-state index contributed by atoms with van der Waals surface area (Å²) in [4.78, 5) is 12.5. The van der Waals surface area contributed by atoms with Crippen LogP contribution in [0.5, 0.6) is 11.5 Å². The summed E-state index contributed by atoms with van der Waals surface area (Å²) in [5.74, 6) is 2.03. The van der Waals surface area contributed by atoms with Crippen molar-refractivity contribution in [3.05, 3.63) is 30.5 Å². The molecular formula is C20H22N6O4S. The van der Waals surface area contributed by atoms with Crippen molar-refractivity contribution >= 4 is 23.4 Å². The molecule has 11 heteroatoms. The third-order valence-corrected chi connectivity index (χ3v) is 6.03. The first-order chi connectivity index (χ1) is 15.2. The zero-order chi connectivity index (χ0) is 21.2. The first kappa shape index (κ1) is 19.9. The zero-order valence-electron chi connectivity index (χ0n) is 17.0. The van der Waals surface area contributed by atoms with Crippen molar-refractivity contribution in [3.63, 3.8) is 0 Å². The Labute approximate surface area is 182 Å². The number of carbonyl (C=O) groups is 1. The second-order valence-electron chi connectivity index (χ2n) is 7.33. The van der Waals surface area contributed by atoms with Crippen molar-refractivity contribution in [1.82, 2.24) is 24.5 Å². The summed E-state index contributed by atoms with van der Waals surface area (Å²) in [5.41, 5.74) is 1.40. The fourth-order valence-corrected chi connectivity index (χ4v) is 4.33. The Hall–Kier alpha value is -3.05. The summed E-state index contributed by atoms with van der Waals surface area (Å²) in [6.45, 7) is 1.60. The van der Waals surface area contributed by atoms with Crippen molar-refractivity contribution in [2.45, 2.75) is 30.6 Å². The van der Waals surface area contributed by atoms with E-state index in [4.69, 9.17) is 14.2 Å². The van der Waals surface area contributed by atoms with Crippen LogP contribution in [0.15, 0.2) is 35.6 Å². The average molecular weight is 443 g/mol. The standard InChI is InChI=1S/C20H22N6O4S/c1-25-7-6-15(24-25)19-22-23-20(26(19)10-14-3-2-8-28-14)31-11-18(27)21-13-4-5-16-17(9-13)30-12-29-16/h4-7,9,14H,2-3,8,10-12H2,1H3,(H,21,27). The fraction of sp³-hybridized carbons (Fsp3) is 0.400. The number of aryl methyl sites for hydroxylation is 1. The minimum absolute atomic E-state index is 0.111. The smallest absolute Gasteiger partial charge is 0.234 e. The third kappa shape index (κ3) is 4.37. The monoisotopic (exact) mass is 442 g/mol. The molecule has 0 radical (unpaired) electrons. The van der Waals surface area contributed by atoms with Crippen molar-refractivity contribution < 1.29 is 19.0 Å². The average Bonchev–Trinajstić information content (AvgIpc) is 3.54. The Balaban J connectivity index is 1.29. The summed E-state index contributed by atoms with van der Waals surface area (Å²) in [6.07, 6.45) is 4.02. The molecule has 4 heterocycles. The molecule has 1 unspecified atom stereocenters. The van der Waals surface area contributed by atoms with Crippen LogP contribution < -0.4 is 14.8 Å². The van der Waals surface area contributed by atoms with Crippen molar-refractivity contribution in [1.29, 1.82) is 0 Å². The van der Waals surface area contributed by atoms with E-state index in [9.17, 15) is 4.79 Å². The van der Waals surface area contributed by atoms with Gasteiger partial charge in [-0.3, -0.25) is 14.0 Å². The van der Waals surface area contributed by atoms with Gasteiger partial charge in [0.25, 0.3) is 0 Å². The van der Waals surface area contributed by atoms with Gasteiger partial charge in [0, 0.05) is 31.6 Å². The first-order valence-corrected chi connectivity index (χ1v) is 11.0. The summed E-state index contributed by atoms with van der Waals surface area (Å²) < 4.78 is 20.2. The third-order valence-electron chi connectivity index (χ3n) is 5.06. The number of ether oxygens (including phenoxy) is 3. The molecule has 0 bridgehead atoms. The molecular weight excluding hydrogens is 420 g/mol. The number of nitrogens with one attached hydrogen (secondary N) is 1. The minimum atomic E-state index is -0.144. The number of rotatable bonds is 7. The summed E-state index contributed by atoms with van der Waals surface area (Å²) in [5, 5.41) is 16.7. The largest absolute Gasteiger partial charge is 0.454 e. The van der Waals surface area contributed by atoms with Gasteiger partial charge < -0.3 is 19.5 Å². The number of nitrogens with zero attached hydrogens (tertiary/aromatic N) is 5. The predicted molar refractivity (Wildman–Crippen MR) is 113 cm³/mol. The summed E-state index contributed by atoms with van der Waals surface area (Å²) in [7, 11) is 1.86. The van der Waals surface area contributed by atoms with E-state index >= 15 is 0 Å². The molecule has 10 nitrogen and oxygen atoms in total. The van der Waals surface area contributed by atoms with E-state index in [0.29, 0.717) is 34.7 Å². The van der Waals surface area contributed by atoms with Gasteiger partial charge >= 0.3 is 0 Å². The van der Waals surface area contributed by atoms with Crippen LogP contribution in [0, 0.1) is 0 Å². The quantitative estimate of drug-likeness (QED) is 0.556. The van der Waals surface area contributed by atoms with Crippen LogP contribution in [0.4, 0.5) is 5.69 Å². The van der Waals surface area contributed by atoms with Crippen LogP contribution in [0.1, 0.15) is 12.8 Å². The zero-order valence-corrected chi connectivity index (χ0v) is 17.8. The molecule has 0 spiro atoms. The predicted octanol–water partition coefficient (Wildman–Crippen LogP) is 2.32.